The van der Waals surface area contributed by atoms with Gasteiger partial charge in [-0.1, -0.05) is 42.5 Å². The van der Waals surface area contributed by atoms with Gasteiger partial charge in [-0.3, -0.25) is 19.6 Å². The Morgan fingerprint density at radius 2 is 1.49 bits per heavy atom. The van der Waals surface area contributed by atoms with Gasteiger partial charge < -0.3 is 25.2 Å². The molecule has 1 atom stereocenters. The quantitative estimate of drug-likeness (QED) is 0.130. The fraction of sp³-hybridized carbons (Fsp3) is 0.297. The Morgan fingerprint density at radius 3 is 2.14 bits per heavy atom. The average Bonchev–Trinajstić information content (AvgIpc) is 3.59. The van der Waals surface area contributed by atoms with Gasteiger partial charge in [0.25, 0.3) is 0 Å². The van der Waals surface area contributed by atoms with Crippen LogP contribution in [0.5, 0.6) is 11.5 Å². The number of piperazine rings is 1. The van der Waals surface area contributed by atoms with E-state index in [0.29, 0.717) is 24.6 Å². The summed E-state index contributed by atoms with van der Waals surface area (Å²) >= 11 is 1.54. The van der Waals surface area contributed by atoms with E-state index in [9.17, 15) is 9.90 Å². The molecule has 1 fully saturated rings. The Bertz CT molecular complexity index is 1740. The van der Waals surface area contributed by atoms with Gasteiger partial charge in [-0.2, -0.15) is 0 Å². The Hall–Kier alpha value is -4.30. The first-order valence-corrected chi connectivity index (χ1v) is 17.1. The number of thiazole rings is 1. The lowest BCUT2D eigenvalue weighted by Gasteiger charge is -2.35. The zero-order valence-corrected chi connectivity index (χ0v) is 31.3. The number of anilines is 3. The molecule has 0 saturated carbocycles. The van der Waals surface area contributed by atoms with E-state index in [1.807, 2.05) is 98.1 Å². The van der Waals surface area contributed by atoms with Gasteiger partial charge in [0, 0.05) is 56.2 Å². The molecular formula is C37H45Cl2N7O4S. The number of rotatable bonds is 12. The molecule has 1 saturated heterocycles. The highest BCUT2D eigenvalue weighted by Gasteiger charge is 2.22. The third kappa shape index (κ3) is 12.8. The van der Waals surface area contributed by atoms with Crippen molar-refractivity contribution in [2.75, 3.05) is 63.6 Å². The van der Waals surface area contributed by atoms with Crippen LogP contribution in [0.25, 0.3) is 11.4 Å². The number of methoxy groups -OCH3 is 1. The third-order valence-electron chi connectivity index (χ3n) is 7.88. The molecule has 4 heterocycles. The number of hydrogen-bond donors (Lipinski definition) is 3. The number of aliphatic hydroxyl groups excluding tert-OH is 1. The van der Waals surface area contributed by atoms with Crippen LogP contribution in [0.1, 0.15) is 11.1 Å². The van der Waals surface area contributed by atoms with E-state index in [2.05, 4.69) is 35.4 Å². The summed E-state index contributed by atoms with van der Waals surface area (Å²) in [6, 6.07) is 24.9. The molecule has 1 aliphatic heterocycles. The number of halogens is 2. The maximum atomic E-state index is 12.5. The van der Waals surface area contributed by atoms with Gasteiger partial charge in [-0.25, -0.2) is 9.97 Å². The molecule has 0 aliphatic carbocycles. The molecule has 1 amide bonds. The minimum atomic E-state index is -0.594. The number of carbonyl (C=O) groups is 1. The number of amides is 1. The average molecular weight is 755 g/mol. The largest absolute Gasteiger partial charge is 0.493 e. The van der Waals surface area contributed by atoms with Gasteiger partial charge in [0.15, 0.2) is 16.6 Å². The lowest BCUT2D eigenvalue weighted by Crippen LogP contribution is -2.50. The number of aryl methyl sites for hydroxylation is 2. The Kier molecular flexibility index (Phi) is 17.1. The molecule has 2 aromatic carbocycles. The lowest BCUT2D eigenvalue weighted by atomic mass is 10.1. The molecule has 5 aromatic rings. The van der Waals surface area contributed by atoms with Crippen molar-refractivity contribution < 1.29 is 19.4 Å². The molecule has 0 radical (unpaired) electrons. The minimum absolute atomic E-state index is 0. The summed E-state index contributed by atoms with van der Waals surface area (Å²) in [6.07, 6.45) is 2.92. The fourth-order valence-electron chi connectivity index (χ4n) is 5.31. The van der Waals surface area contributed by atoms with Crippen molar-refractivity contribution >= 4 is 58.7 Å². The Labute approximate surface area is 315 Å². The van der Waals surface area contributed by atoms with Crippen LogP contribution in [0, 0.1) is 13.8 Å². The number of benzene rings is 2. The topological polar surface area (TPSA) is 125 Å². The van der Waals surface area contributed by atoms with E-state index in [1.54, 1.807) is 19.5 Å². The van der Waals surface area contributed by atoms with Gasteiger partial charge in [0.1, 0.15) is 24.2 Å². The normalized spacial score (nSPS) is 13.3. The molecule has 0 spiro atoms. The second-order valence-corrected chi connectivity index (χ2v) is 12.5. The van der Waals surface area contributed by atoms with Crippen molar-refractivity contribution in [3.05, 3.63) is 108 Å². The summed E-state index contributed by atoms with van der Waals surface area (Å²) in [6.45, 7) is 8.33. The van der Waals surface area contributed by atoms with E-state index in [0.717, 1.165) is 65.3 Å². The van der Waals surface area contributed by atoms with E-state index in [4.69, 9.17) is 9.47 Å². The van der Waals surface area contributed by atoms with Crippen LogP contribution in [-0.2, 0) is 4.79 Å². The molecule has 1 aliphatic rings. The number of aliphatic hydroxyl groups is 1. The zero-order chi connectivity index (χ0) is 34.4. The van der Waals surface area contributed by atoms with E-state index < -0.39 is 6.10 Å². The number of carbonyl (C=O) groups excluding carboxylic acids is 1. The maximum absolute atomic E-state index is 12.5. The van der Waals surface area contributed by atoms with Crippen LogP contribution in [0.15, 0.2) is 96.6 Å². The van der Waals surface area contributed by atoms with Crippen molar-refractivity contribution in [2.24, 2.45) is 0 Å². The number of β-amino-alcohol motifs (C(OH)–C–C–N with tert-alkyl or cyclic N) is 1. The lowest BCUT2D eigenvalue weighted by molar-refractivity contribution is -0.117. The van der Waals surface area contributed by atoms with Gasteiger partial charge >= 0.3 is 0 Å². The summed E-state index contributed by atoms with van der Waals surface area (Å²) < 4.78 is 11.0. The fourth-order valence-corrected chi connectivity index (χ4v) is 6.02. The Morgan fingerprint density at radius 1 is 0.843 bits per heavy atom. The van der Waals surface area contributed by atoms with E-state index in [1.165, 1.54) is 11.3 Å². The highest BCUT2D eigenvalue weighted by molar-refractivity contribution is 7.14. The summed E-state index contributed by atoms with van der Waals surface area (Å²) in [5.41, 5.74) is 4.80. The summed E-state index contributed by atoms with van der Waals surface area (Å²) in [7, 11) is 1.60. The molecule has 0 bridgehead atoms. The van der Waals surface area contributed by atoms with Crippen LogP contribution < -0.4 is 20.1 Å². The number of nitrogens with one attached hydrogen (secondary N) is 2. The summed E-state index contributed by atoms with van der Waals surface area (Å²) in [5.74, 6) is 2.08. The number of nitrogens with zero attached hydrogens (tertiary/aromatic N) is 5. The van der Waals surface area contributed by atoms with E-state index >= 15 is 0 Å². The molecule has 51 heavy (non-hydrogen) atoms. The predicted molar refractivity (Wildman–Crippen MR) is 209 cm³/mol. The molecule has 3 N–H and O–H groups in total. The molecule has 11 nitrogen and oxygen atoms in total. The highest BCUT2D eigenvalue weighted by Crippen LogP contribution is 2.26. The van der Waals surface area contributed by atoms with Crippen molar-refractivity contribution in [3.63, 3.8) is 0 Å². The SMILES string of the molecule is COc1ccccc1OCC(O)CN1CCN(CC(=O)Nc2c(C)cccc2C)CC1.Cl.Cl.c1ccc(Nc2nc(-c3ccccn3)cs2)nc1. The van der Waals surface area contributed by atoms with Gasteiger partial charge in [-0.05, 0) is 61.4 Å². The van der Waals surface area contributed by atoms with Crippen LogP contribution in [0.3, 0.4) is 0 Å². The van der Waals surface area contributed by atoms with Crippen molar-refractivity contribution in [1.29, 1.82) is 0 Å². The van der Waals surface area contributed by atoms with Crippen LogP contribution >= 0.6 is 36.2 Å². The molecule has 14 heteroatoms. The zero-order valence-electron chi connectivity index (χ0n) is 28.9. The first-order valence-electron chi connectivity index (χ1n) is 16.2. The van der Waals surface area contributed by atoms with Crippen LogP contribution in [-0.4, -0.2) is 94.9 Å². The first kappa shape index (κ1) is 41.1. The van der Waals surface area contributed by atoms with Crippen molar-refractivity contribution in [1.82, 2.24) is 24.8 Å². The van der Waals surface area contributed by atoms with Gasteiger partial charge in [-0.15, -0.1) is 36.2 Å². The summed E-state index contributed by atoms with van der Waals surface area (Å²) in [5, 5.41) is 19.4. The first-order chi connectivity index (χ1) is 23.9. The number of aromatic nitrogens is 3. The number of pyridine rings is 2. The number of para-hydroxylation sites is 3. The third-order valence-corrected chi connectivity index (χ3v) is 8.64. The van der Waals surface area contributed by atoms with Crippen molar-refractivity contribution in [3.8, 4) is 22.9 Å². The predicted octanol–water partition coefficient (Wildman–Crippen LogP) is 6.50. The van der Waals surface area contributed by atoms with E-state index in [-0.39, 0.29) is 37.3 Å². The van der Waals surface area contributed by atoms with Gasteiger partial charge in [0.05, 0.1) is 19.3 Å². The minimum Gasteiger partial charge on any atom is -0.493 e. The number of ether oxygens (including phenoxy) is 2. The molecule has 3 aromatic heterocycles. The number of hydrogen-bond acceptors (Lipinski definition) is 11. The second kappa shape index (κ2) is 21.2. The molecule has 1 unspecified atom stereocenters. The van der Waals surface area contributed by atoms with Gasteiger partial charge in [0.2, 0.25) is 5.91 Å². The molecule has 272 valence electrons. The van der Waals surface area contributed by atoms with Crippen LogP contribution in [0.4, 0.5) is 16.6 Å². The molecule has 6 rings (SSSR count). The van der Waals surface area contributed by atoms with Crippen molar-refractivity contribution in [2.45, 2.75) is 20.0 Å². The smallest absolute Gasteiger partial charge is 0.238 e. The monoisotopic (exact) mass is 753 g/mol. The standard InChI is InChI=1S/C24H33N3O4.C13H10N4S.2ClH/c1-18-7-6-8-19(2)24(18)25-23(29)16-27-13-11-26(12-14-27)15-20(28)17-31-22-10-5-4-9-21(22)30-3;1-3-7-14-10(5-1)11-9-18-13(16-11)17-12-6-2-4-8-15-12;;/h4-10,20,28H,11-17H2,1-3H3,(H,25,29);1-9H,(H,15,16,17);2*1H. The highest BCUT2D eigenvalue weighted by atomic mass is 35.5. The maximum Gasteiger partial charge on any atom is 0.238 e. The Balaban J connectivity index is 0.000000299. The molecular weight excluding hydrogens is 709 g/mol. The second-order valence-electron chi connectivity index (χ2n) is 11.6. The van der Waals surface area contributed by atoms with Crippen LogP contribution in [0.2, 0.25) is 0 Å². The summed E-state index contributed by atoms with van der Waals surface area (Å²) in [4.78, 5) is 29.8.